The van der Waals surface area contributed by atoms with Crippen LogP contribution in [0.2, 0.25) is 0 Å². The lowest BCUT2D eigenvalue weighted by atomic mass is 10.0. The number of phosphoric ester groups is 1. The zero-order valence-electron chi connectivity index (χ0n) is 29.1. The standard InChI is InChI=1S/C34H68NO8P/c1-6-8-10-11-12-13-14-15-16-17-18-19-20-21-22-23-25-27-34(37)43-32(30-40-33(36)26-24-9-7-2)31-42-44(38,39)41-29-28-35(3,4)5/h32H,6-31H2,1-5H3. The first-order valence-corrected chi connectivity index (χ1v) is 19.2. The highest BCUT2D eigenvalue weighted by Crippen LogP contribution is 2.38. The van der Waals surface area contributed by atoms with Crippen LogP contribution in [0.1, 0.15) is 155 Å². The highest BCUT2D eigenvalue weighted by molar-refractivity contribution is 7.45. The number of ether oxygens (including phenoxy) is 2. The normalized spacial score (nSPS) is 13.9. The summed E-state index contributed by atoms with van der Waals surface area (Å²) in [4.78, 5) is 36.7. The van der Waals surface area contributed by atoms with Crippen molar-refractivity contribution in [1.29, 1.82) is 0 Å². The minimum absolute atomic E-state index is 0.0273. The smallest absolute Gasteiger partial charge is 0.306 e. The Morgan fingerprint density at radius 1 is 0.614 bits per heavy atom. The predicted molar refractivity (Wildman–Crippen MR) is 176 cm³/mol. The molecule has 0 fully saturated rings. The van der Waals surface area contributed by atoms with Gasteiger partial charge in [-0.15, -0.1) is 0 Å². The van der Waals surface area contributed by atoms with E-state index in [1.54, 1.807) is 0 Å². The maximum Gasteiger partial charge on any atom is 0.306 e. The van der Waals surface area contributed by atoms with Crippen LogP contribution in [-0.4, -0.2) is 70.0 Å². The molecule has 0 saturated heterocycles. The van der Waals surface area contributed by atoms with Gasteiger partial charge < -0.3 is 27.9 Å². The Morgan fingerprint density at radius 3 is 1.50 bits per heavy atom. The molecule has 44 heavy (non-hydrogen) atoms. The molecular weight excluding hydrogens is 581 g/mol. The Balaban J connectivity index is 4.17. The molecule has 0 radical (unpaired) electrons. The van der Waals surface area contributed by atoms with Gasteiger partial charge in [0.15, 0.2) is 6.10 Å². The van der Waals surface area contributed by atoms with Crippen LogP contribution < -0.4 is 4.89 Å². The van der Waals surface area contributed by atoms with Crippen LogP contribution in [-0.2, 0) is 32.7 Å². The summed E-state index contributed by atoms with van der Waals surface area (Å²) in [7, 11) is 1.17. The second kappa shape index (κ2) is 28.3. The Hall–Kier alpha value is -0.990. The van der Waals surface area contributed by atoms with Crippen LogP contribution in [0, 0.1) is 0 Å². The first-order chi connectivity index (χ1) is 21.0. The molecule has 0 N–H and O–H groups in total. The van der Waals surface area contributed by atoms with E-state index < -0.39 is 32.5 Å². The molecule has 0 aliphatic carbocycles. The number of esters is 2. The zero-order chi connectivity index (χ0) is 32.9. The molecule has 0 heterocycles. The van der Waals surface area contributed by atoms with E-state index in [2.05, 4.69) is 6.92 Å². The average Bonchev–Trinajstić information content (AvgIpc) is 2.95. The number of carbonyl (C=O) groups excluding carboxylic acids is 2. The number of nitrogens with zero attached hydrogens (tertiary/aromatic N) is 1. The van der Waals surface area contributed by atoms with Crippen molar-refractivity contribution in [1.82, 2.24) is 0 Å². The fourth-order valence-electron chi connectivity index (χ4n) is 4.77. The van der Waals surface area contributed by atoms with E-state index in [0.29, 0.717) is 23.9 Å². The highest BCUT2D eigenvalue weighted by atomic mass is 31.2. The molecule has 10 heteroatoms. The minimum atomic E-state index is -4.59. The number of rotatable bonds is 32. The Bertz CT molecular complexity index is 743. The summed E-state index contributed by atoms with van der Waals surface area (Å²) in [5, 5.41) is 0. The predicted octanol–water partition coefficient (Wildman–Crippen LogP) is 8.27. The van der Waals surface area contributed by atoms with E-state index in [4.69, 9.17) is 18.5 Å². The summed E-state index contributed by atoms with van der Waals surface area (Å²) in [6.07, 6.45) is 23.6. The third kappa shape index (κ3) is 31.0. The molecule has 0 bridgehead atoms. The second-order valence-electron chi connectivity index (χ2n) is 13.2. The van der Waals surface area contributed by atoms with Gasteiger partial charge in [-0.2, -0.15) is 0 Å². The molecule has 0 saturated carbocycles. The van der Waals surface area contributed by atoms with Crippen LogP contribution in [0.3, 0.4) is 0 Å². The lowest BCUT2D eigenvalue weighted by Crippen LogP contribution is -2.37. The van der Waals surface area contributed by atoms with Gasteiger partial charge in [0.2, 0.25) is 0 Å². The van der Waals surface area contributed by atoms with Crippen LogP contribution in [0.5, 0.6) is 0 Å². The molecule has 2 unspecified atom stereocenters. The van der Waals surface area contributed by atoms with Crippen molar-refractivity contribution in [2.75, 3.05) is 47.5 Å². The topological polar surface area (TPSA) is 111 Å². The van der Waals surface area contributed by atoms with E-state index in [9.17, 15) is 19.0 Å². The lowest BCUT2D eigenvalue weighted by molar-refractivity contribution is -0.870. The van der Waals surface area contributed by atoms with Gasteiger partial charge in [0.1, 0.15) is 19.8 Å². The SMILES string of the molecule is CCCCCCCCCCCCCCCCCCCC(=O)OC(COC(=O)CCCCC)COP(=O)([O-])OCC[N+](C)(C)C. The Kier molecular flexibility index (Phi) is 27.6. The number of hydrogen-bond donors (Lipinski definition) is 0. The van der Waals surface area contributed by atoms with Crippen molar-refractivity contribution in [2.45, 2.75) is 161 Å². The van der Waals surface area contributed by atoms with E-state index in [1.165, 1.54) is 89.9 Å². The van der Waals surface area contributed by atoms with E-state index in [1.807, 2.05) is 28.1 Å². The fourth-order valence-corrected chi connectivity index (χ4v) is 5.50. The van der Waals surface area contributed by atoms with Crippen molar-refractivity contribution >= 4 is 19.8 Å². The van der Waals surface area contributed by atoms with Gasteiger partial charge in [-0.3, -0.25) is 14.2 Å². The molecule has 0 aromatic carbocycles. The molecule has 2 atom stereocenters. The zero-order valence-corrected chi connectivity index (χ0v) is 30.0. The summed E-state index contributed by atoms with van der Waals surface area (Å²) >= 11 is 0. The Labute approximate surface area is 270 Å². The number of carbonyl (C=O) groups is 2. The van der Waals surface area contributed by atoms with Gasteiger partial charge in [0.25, 0.3) is 7.82 Å². The maximum atomic E-state index is 12.5. The largest absolute Gasteiger partial charge is 0.756 e. The maximum absolute atomic E-state index is 12.5. The van der Waals surface area contributed by atoms with Crippen LogP contribution >= 0.6 is 7.82 Å². The van der Waals surface area contributed by atoms with Crippen molar-refractivity contribution < 1.29 is 42.1 Å². The van der Waals surface area contributed by atoms with Crippen LogP contribution in [0.15, 0.2) is 0 Å². The first-order valence-electron chi connectivity index (χ1n) is 17.7. The average molecular weight is 650 g/mol. The number of phosphoric acid groups is 1. The number of likely N-dealkylation sites (N-methyl/N-ethyl adjacent to an activating group) is 1. The fraction of sp³-hybridized carbons (Fsp3) is 0.941. The third-order valence-electron chi connectivity index (χ3n) is 7.63. The summed E-state index contributed by atoms with van der Waals surface area (Å²) < 4.78 is 33.3. The van der Waals surface area contributed by atoms with Gasteiger partial charge >= 0.3 is 11.9 Å². The molecule has 0 amide bonds. The summed E-state index contributed by atoms with van der Waals surface area (Å²) in [6, 6.07) is 0. The molecule has 262 valence electrons. The van der Waals surface area contributed by atoms with E-state index >= 15 is 0 Å². The molecule has 9 nitrogen and oxygen atoms in total. The summed E-state index contributed by atoms with van der Waals surface area (Å²) in [5.41, 5.74) is 0. The van der Waals surface area contributed by atoms with Gasteiger partial charge in [-0.1, -0.05) is 129 Å². The van der Waals surface area contributed by atoms with Gasteiger partial charge in [0.05, 0.1) is 27.7 Å². The van der Waals surface area contributed by atoms with Gasteiger partial charge in [-0.05, 0) is 12.8 Å². The lowest BCUT2D eigenvalue weighted by Gasteiger charge is -2.28. The van der Waals surface area contributed by atoms with Gasteiger partial charge in [0, 0.05) is 12.8 Å². The summed E-state index contributed by atoms with van der Waals surface area (Å²) in [6.45, 7) is 4.04. The first kappa shape index (κ1) is 43.0. The number of quaternary nitrogens is 1. The molecule has 0 rings (SSSR count). The van der Waals surface area contributed by atoms with Gasteiger partial charge in [-0.25, -0.2) is 0 Å². The number of hydrogen-bond acceptors (Lipinski definition) is 8. The minimum Gasteiger partial charge on any atom is -0.756 e. The third-order valence-corrected chi connectivity index (χ3v) is 8.59. The van der Waals surface area contributed by atoms with Crippen molar-refractivity contribution in [3.8, 4) is 0 Å². The quantitative estimate of drug-likeness (QED) is 0.0310. The van der Waals surface area contributed by atoms with E-state index in [-0.39, 0.29) is 26.1 Å². The van der Waals surface area contributed by atoms with Crippen molar-refractivity contribution in [3.63, 3.8) is 0 Å². The molecular formula is C34H68NO8P. The van der Waals surface area contributed by atoms with Crippen molar-refractivity contribution in [2.24, 2.45) is 0 Å². The monoisotopic (exact) mass is 649 g/mol. The number of unbranched alkanes of at least 4 members (excludes halogenated alkanes) is 18. The Morgan fingerprint density at radius 2 is 1.02 bits per heavy atom. The molecule has 0 aromatic rings. The summed E-state index contributed by atoms with van der Waals surface area (Å²) in [5.74, 6) is -0.856. The highest BCUT2D eigenvalue weighted by Gasteiger charge is 2.21. The van der Waals surface area contributed by atoms with Crippen molar-refractivity contribution in [3.05, 3.63) is 0 Å². The molecule has 0 aromatic heterocycles. The van der Waals surface area contributed by atoms with E-state index in [0.717, 1.165) is 25.7 Å². The van der Waals surface area contributed by atoms with Crippen LogP contribution in [0.4, 0.5) is 0 Å². The molecule has 0 aliphatic rings. The molecule has 0 spiro atoms. The van der Waals surface area contributed by atoms with Crippen LogP contribution in [0.25, 0.3) is 0 Å². The second-order valence-corrected chi connectivity index (χ2v) is 14.7. The molecule has 0 aliphatic heterocycles.